The lowest BCUT2D eigenvalue weighted by Crippen LogP contribution is -2.06. The molecule has 0 radical (unpaired) electrons. The van der Waals surface area contributed by atoms with E-state index in [1.54, 1.807) is 6.92 Å². The summed E-state index contributed by atoms with van der Waals surface area (Å²) < 4.78 is 7.75. The van der Waals surface area contributed by atoms with Crippen LogP contribution in [0.25, 0.3) is 0 Å². The van der Waals surface area contributed by atoms with Crippen LogP contribution in [0, 0.1) is 0 Å². The average molecular weight is 287 g/mol. The molecule has 0 aliphatic rings. The molecule has 0 saturated carbocycles. The fourth-order valence-corrected chi connectivity index (χ4v) is 1.98. The smallest absolute Gasteiger partial charge is 0.132 e. The van der Waals surface area contributed by atoms with Gasteiger partial charge in [-0.05, 0) is 38.5 Å². The van der Waals surface area contributed by atoms with E-state index in [0.29, 0.717) is 24.1 Å². The number of para-hydroxylation sites is 1. The molecule has 1 heterocycles. The van der Waals surface area contributed by atoms with Gasteiger partial charge in [0.05, 0.1) is 11.4 Å². The minimum atomic E-state index is 0.384. The van der Waals surface area contributed by atoms with Crippen LogP contribution in [0.1, 0.15) is 44.5 Å². The fourth-order valence-electron chi connectivity index (χ4n) is 1.98. The van der Waals surface area contributed by atoms with E-state index in [2.05, 4.69) is 24.1 Å². The van der Waals surface area contributed by atoms with Crippen LogP contribution >= 0.6 is 0 Å². The molecule has 0 fully saturated rings. The van der Waals surface area contributed by atoms with Crippen molar-refractivity contribution in [2.45, 2.75) is 39.8 Å². The third kappa shape index (κ3) is 3.62. The summed E-state index contributed by atoms with van der Waals surface area (Å²) in [5.41, 5.74) is 2.18. The van der Waals surface area contributed by atoms with Gasteiger partial charge in [0, 0.05) is 17.8 Å². The van der Waals surface area contributed by atoms with Crippen molar-refractivity contribution in [3.63, 3.8) is 0 Å². The second-order valence-corrected chi connectivity index (χ2v) is 5.01. The summed E-state index contributed by atoms with van der Waals surface area (Å²) in [6.07, 6.45) is 3.01. The van der Waals surface area contributed by atoms with Gasteiger partial charge in [-0.25, -0.2) is 0 Å². The van der Waals surface area contributed by atoms with Crippen molar-refractivity contribution in [3.05, 3.63) is 47.8 Å². The van der Waals surface area contributed by atoms with Gasteiger partial charge in [0.2, 0.25) is 0 Å². The first-order valence-electron chi connectivity index (χ1n) is 7.10. The predicted octanol–water partition coefficient (Wildman–Crippen LogP) is 3.63. The molecule has 0 amide bonds. The number of hydrogen-bond donors (Lipinski definition) is 1. The summed E-state index contributed by atoms with van der Waals surface area (Å²) in [5, 5.41) is 16.6. The van der Waals surface area contributed by atoms with Gasteiger partial charge in [0.15, 0.2) is 0 Å². The van der Waals surface area contributed by atoms with Gasteiger partial charge < -0.3 is 9.94 Å². The lowest BCUT2D eigenvalue weighted by molar-refractivity contribution is 0.296. The summed E-state index contributed by atoms with van der Waals surface area (Å²) in [7, 11) is 0. The number of hydrogen-bond acceptors (Lipinski definition) is 4. The normalized spacial score (nSPS) is 13.2. The number of rotatable bonds is 6. The molecule has 0 saturated heterocycles. The van der Waals surface area contributed by atoms with Crippen molar-refractivity contribution in [3.8, 4) is 5.75 Å². The van der Waals surface area contributed by atoms with Crippen LogP contribution < -0.4 is 4.74 Å². The zero-order valence-electron chi connectivity index (χ0n) is 12.7. The molecular formula is C16H21N3O2. The Bertz CT molecular complexity index is 619. The molecule has 5 heteroatoms. The standard InChI is InChI=1S/C16H21N3O2/c1-4-12(2)19-10-9-14(17-19)11-21-16-8-6-5-7-15(16)13(3)18-20/h5-10,12,20H,4,11H2,1-3H3. The lowest BCUT2D eigenvalue weighted by Gasteiger charge is -2.10. The Kier molecular flexibility index (Phi) is 4.98. The van der Waals surface area contributed by atoms with Crippen LogP contribution in [0.15, 0.2) is 41.7 Å². The Morgan fingerprint density at radius 1 is 1.38 bits per heavy atom. The quantitative estimate of drug-likeness (QED) is 0.501. The second kappa shape index (κ2) is 6.92. The monoisotopic (exact) mass is 287 g/mol. The van der Waals surface area contributed by atoms with Crippen molar-refractivity contribution < 1.29 is 9.94 Å². The third-order valence-corrected chi connectivity index (χ3v) is 3.51. The molecule has 0 bridgehead atoms. The third-order valence-electron chi connectivity index (χ3n) is 3.51. The molecule has 112 valence electrons. The Morgan fingerprint density at radius 3 is 2.86 bits per heavy atom. The molecule has 1 aromatic carbocycles. The summed E-state index contributed by atoms with van der Waals surface area (Å²) >= 11 is 0. The number of aromatic nitrogens is 2. The molecule has 2 aromatic rings. The van der Waals surface area contributed by atoms with Crippen LogP contribution in [0.5, 0.6) is 5.75 Å². The number of oxime groups is 1. The number of nitrogens with zero attached hydrogens (tertiary/aromatic N) is 3. The first-order chi connectivity index (χ1) is 10.2. The van der Waals surface area contributed by atoms with Crippen molar-refractivity contribution in [1.29, 1.82) is 0 Å². The summed E-state index contributed by atoms with van der Waals surface area (Å²) in [6.45, 7) is 6.39. The van der Waals surface area contributed by atoms with Crippen molar-refractivity contribution in [2.24, 2.45) is 5.16 Å². The van der Waals surface area contributed by atoms with E-state index >= 15 is 0 Å². The van der Waals surface area contributed by atoms with Crippen molar-refractivity contribution in [2.75, 3.05) is 0 Å². The molecule has 0 aliphatic heterocycles. The topological polar surface area (TPSA) is 59.6 Å². The van der Waals surface area contributed by atoms with Crippen LogP contribution in [-0.4, -0.2) is 20.7 Å². The average Bonchev–Trinajstić information content (AvgIpc) is 3.00. The summed E-state index contributed by atoms with van der Waals surface area (Å²) in [5.74, 6) is 0.686. The Labute approximate surface area is 124 Å². The molecule has 21 heavy (non-hydrogen) atoms. The predicted molar refractivity (Wildman–Crippen MR) is 82.0 cm³/mol. The highest BCUT2D eigenvalue weighted by molar-refractivity contribution is 6.00. The van der Waals surface area contributed by atoms with Crippen LogP contribution in [0.3, 0.4) is 0 Å². The first-order valence-corrected chi connectivity index (χ1v) is 7.10. The van der Waals surface area contributed by atoms with Gasteiger partial charge in [-0.1, -0.05) is 24.2 Å². The molecule has 0 aliphatic carbocycles. The zero-order valence-corrected chi connectivity index (χ0v) is 12.7. The first kappa shape index (κ1) is 15.1. The minimum Gasteiger partial charge on any atom is -0.487 e. The maximum atomic E-state index is 8.91. The van der Waals surface area contributed by atoms with E-state index in [1.165, 1.54) is 0 Å². The Balaban J connectivity index is 2.08. The van der Waals surface area contributed by atoms with E-state index in [-0.39, 0.29) is 0 Å². The van der Waals surface area contributed by atoms with Crippen molar-refractivity contribution >= 4 is 5.71 Å². The largest absolute Gasteiger partial charge is 0.487 e. The minimum absolute atomic E-state index is 0.384. The van der Waals surface area contributed by atoms with E-state index in [9.17, 15) is 0 Å². The van der Waals surface area contributed by atoms with Crippen molar-refractivity contribution in [1.82, 2.24) is 9.78 Å². The van der Waals surface area contributed by atoms with E-state index in [4.69, 9.17) is 9.94 Å². The molecule has 1 aromatic heterocycles. The fraction of sp³-hybridized carbons (Fsp3) is 0.375. The van der Waals surface area contributed by atoms with E-state index < -0.39 is 0 Å². The Morgan fingerprint density at radius 2 is 2.14 bits per heavy atom. The van der Waals surface area contributed by atoms with E-state index in [1.807, 2.05) is 41.2 Å². The summed E-state index contributed by atoms with van der Waals surface area (Å²) in [4.78, 5) is 0. The Hall–Kier alpha value is -2.30. The highest BCUT2D eigenvalue weighted by Gasteiger charge is 2.09. The molecule has 1 unspecified atom stereocenters. The van der Waals surface area contributed by atoms with Crippen LogP contribution in [0.4, 0.5) is 0 Å². The molecular weight excluding hydrogens is 266 g/mol. The van der Waals surface area contributed by atoms with E-state index in [0.717, 1.165) is 17.7 Å². The molecule has 2 rings (SSSR count). The highest BCUT2D eigenvalue weighted by atomic mass is 16.5. The van der Waals surface area contributed by atoms with Gasteiger partial charge in [-0.3, -0.25) is 4.68 Å². The number of ether oxygens (including phenoxy) is 1. The molecule has 1 atom stereocenters. The van der Waals surface area contributed by atoms with Gasteiger partial charge in [-0.2, -0.15) is 5.10 Å². The van der Waals surface area contributed by atoms with Gasteiger partial charge in [-0.15, -0.1) is 0 Å². The number of benzene rings is 1. The van der Waals surface area contributed by atoms with Gasteiger partial charge in [0.25, 0.3) is 0 Å². The lowest BCUT2D eigenvalue weighted by atomic mass is 10.1. The van der Waals surface area contributed by atoms with Crippen LogP contribution in [0.2, 0.25) is 0 Å². The zero-order chi connectivity index (χ0) is 15.2. The summed E-state index contributed by atoms with van der Waals surface area (Å²) in [6, 6.07) is 9.84. The van der Waals surface area contributed by atoms with Gasteiger partial charge >= 0.3 is 0 Å². The molecule has 0 spiro atoms. The van der Waals surface area contributed by atoms with Crippen LogP contribution in [-0.2, 0) is 6.61 Å². The SMILES string of the molecule is CCC(C)n1ccc(COc2ccccc2C(C)=NO)n1. The maximum Gasteiger partial charge on any atom is 0.132 e. The molecule has 1 N–H and O–H groups in total. The second-order valence-electron chi connectivity index (χ2n) is 5.01. The molecule has 5 nitrogen and oxygen atoms in total. The maximum absolute atomic E-state index is 8.91. The highest BCUT2D eigenvalue weighted by Crippen LogP contribution is 2.20. The van der Waals surface area contributed by atoms with Gasteiger partial charge in [0.1, 0.15) is 12.4 Å².